The highest BCUT2D eigenvalue weighted by atomic mass is 32.1. The van der Waals surface area contributed by atoms with E-state index in [1.165, 1.54) is 6.07 Å². The van der Waals surface area contributed by atoms with Gasteiger partial charge in [0.1, 0.15) is 0 Å². The van der Waals surface area contributed by atoms with Crippen molar-refractivity contribution in [2.24, 2.45) is 0 Å². The molecule has 1 aromatic rings. The predicted molar refractivity (Wildman–Crippen MR) is 39.6 cm³/mol. The average Bonchev–Trinajstić information content (AvgIpc) is 2.37. The largest absolute Gasteiger partial charge is 0.324 e. The van der Waals surface area contributed by atoms with Gasteiger partial charge in [0.2, 0.25) is 0 Å². The summed E-state index contributed by atoms with van der Waals surface area (Å²) in [5.74, 6) is 0. The first-order valence-corrected chi connectivity index (χ1v) is 3.65. The number of hydroxylamine groups is 1. The molecule has 6 heteroatoms. The summed E-state index contributed by atoms with van der Waals surface area (Å²) in [6, 6.07) is 3.02. The van der Waals surface area contributed by atoms with Crippen LogP contribution in [0.3, 0.4) is 0 Å². The van der Waals surface area contributed by atoms with Crippen molar-refractivity contribution in [2.45, 2.75) is 6.54 Å². The summed E-state index contributed by atoms with van der Waals surface area (Å²) in [7, 11) is 0. The van der Waals surface area contributed by atoms with E-state index in [2.05, 4.69) is 0 Å². The van der Waals surface area contributed by atoms with Crippen molar-refractivity contribution in [1.29, 1.82) is 0 Å². The van der Waals surface area contributed by atoms with E-state index in [0.717, 1.165) is 16.2 Å². The van der Waals surface area contributed by atoms with E-state index < -0.39 is 4.92 Å². The average molecular weight is 174 g/mol. The Bertz CT molecular complexity index is 260. The highest BCUT2D eigenvalue weighted by Crippen LogP contribution is 2.23. The number of thiophene rings is 1. The summed E-state index contributed by atoms with van der Waals surface area (Å²) in [4.78, 5) is 10.4. The minimum atomic E-state index is -0.453. The van der Waals surface area contributed by atoms with Gasteiger partial charge in [-0.25, -0.2) is 5.48 Å². The van der Waals surface area contributed by atoms with Crippen LogP contribution < -0.4 is 5.48 Å². The zero-order valence-electron chi connectivity index (χ0n) is 5.48. The summed E-state index contributed by atoms with van der Waals surface area (Å²) < 4.78 is 0. The van der Waals surface area contributed by atoms with Crippen molar-refractivity contribution in [3.05, 3.63) is 27.1 Å². The molecule has 0 aliphatic carbocycles. The van der Waals surface area contributed by atoms with Crippen molar-refractivity contribution in [2.75, 3.05) is 0 Å². The van der Waals surface area contributed by atoms with Crippen molar-refractivity contribution < 1.29 is 10.1 Å². The topological polar surface area (TPSA) is 75.4 Å². The summed E-state index contributed by atoms with van der Waals surface area (Å²) >= 11 is 1.04. The summed E-state index contributed by atoms with van der Waals surface area (Å²) in [5.41, 5.74) is 1.92. The van der Waals surface area contributed by atoms with Crippen molar-refractivity contribution in [1.82, 2.24) is 5.48 Å². The molecule has 1 heterocycles. The minimum Gasteiger partial charge on any atom is -0.316 e. The number of nitro groups is 1. The molecule has 0 aliphatic heterocycles. The van der Waals surface area contributed by atoms with Gasteiger partial charge in [-0.15, -0.1) is 0 Å². The van der Waals surface area contributed by atoms with Crippen molar-refractivity contribution in [3.63, 3.8) is 0 Å². The van der Waals surface area contributed by atoms with E-state index in [1.807, 2.05) is 5.48 Å². The number of rotatable bonds is 3. The summed E-state index contributed by atoms with van der Waals surface area (Å²) in [6.45, 7) is 0.249. The van der Waals surface area contributed by atoms with Crippen LogP contribution in [0.1, 0.15) is 4.88 Å². The van der Waals surface area contributed by atoms with Crippen LogP contribution in [-0.4, -0.2) is 10.1 Å². The molecule has 0 fully saturated rings. The molecule has 0 saturated carbocycles. The molecule has 2 N–H and O–H groups in total. The fourth-order valence-electron chi connectivity index (χ4n) is 0.638. The van der Waals surface area contributed by atoms with E-state index >= 15 is 0 Å². The lowest BCUT2D eigenvalue weighted by atomic mass is 10.5. The number of hydrogen-bond donors (Lipinski definition) is 2. The van der Waals surface area contributed by atoms with Gasteiger partial charge in [-0.1, -0.05) is 11.3 Å². The van der Waals surface area contributed by atoms with Crippen LogP contribution in [0.2, 0.25) is 0 Å². The highest BCUT2D eigenvalue weighted by Gasteiger charge is 2.08. The molecule has 0 saturated heterocycles. The molecule has 0 amide bonds. The quantitative estimate of drug-likeness (QED) is 0.532. The lowest BCUT2D eigenvalue weighted by Crippen LogP contribution is -2.03. The van der Waals surface area contributed by atoms with Crippen LogP contribution in [0, 0.1) is 10.1 Å². The highest BCUT2D eigenvalue weighted by molar-refractivity contribution is 7.15. The van der Waals surface area contributed by atoms with Crippen molar-refractivity contribution in [3.8, 4) is 0 Å². The monoisotopic (exact) mass is 174 g/mol. The Balaban J connectivity index is 2.73. The van der Waals surface area contributed by atoms with Crippen LogP contribution >= 0.6 is 11.3 Å². The third kappa shape index (κ3) is 1.97. The first-order chi connectivity index (χ1) is 5.24. The molecule has 0 radical (unpaired) electrons. The van der Waals surface area contributed by atoms with E-state index in [-0.39, 0.29) is 11.5 Å². The standard InChI is InChI=1S/C5H6N2O3S/c8-6-3-4-1-2-5(11-4)7(9)10/h1-2,6,8H,3H2. The Morgan fingerprint density at radius 3 is 2.91 bits per heavy atom. The summed E-state index contributed by atoms with van der Waals surface area (Å²) in [6.07, 6.45) is 0. The van der Waals surface area contributed by atoms with E-state index in [9.17, 15) is 10.1 Å². The third-order valence-corrected chi connectivity index (χ3v) is 2.12. The number of nitrogens with zero attached hydrogens (tertiary/aromatic N) is 1. The van der Waals surface area contributed by atoms with Gasteiger partial charge in [-0.2, -0.15) is 0 Å². The van der Waals surface area contributed by atoms with E-state index in [1.54, 1.807) is 6.07 Å². The van der Waals surface area contributed by atoms with Gasteiger partial charge in [0, 0.05) is 10.9 Å². The first kappa shape index (κ1) is 8.12. The molecule has 60 valence electrons. The second-order valence-corrected chi connectivity index (χ2v) is 2.98. The Labute approximate surface area is 66.4 Å². The second kappa shape index (κ2) is 3.42. The zero-order valence-corrected chi connectivity index (χ0v) is 6.30. The van der Waals surface area contributed by atoms with Crippen LogP contribution in [-0.2, 0) is 6.54 Å². The molecule has 11 heavy (non-hydrogen) atoms. The maximum atomic E-state index is 10.2. The summed E-state index contributed by atoms with van der Waals surface area (Å²) in [5, 5.41) is 18.5. The lowest BCUT2D eigenvalue weighted by molar-refractivity contribution is -0.380. The lowest BCUT2D eigenvalue weighted by Gasteiger charge is -1.88. The maximum Gasteiger partial charge on any atom is 0.324 e. The Morgan fingerprint density at radius 1 is 1.73 bits per heavy atom. The van der Waals surface area contributed by atoms with Crippen LogP contribution in [0.4, 0.5) is 5.00 Å². The zero-order chi connectivity index (χ0) is 8.27. The fraction of sp³-hybridized carbons (Fsp3) is 0.200. The molecule has 0 bridgehead atoms. The van der Waals surface area contributed by atoms with Gasteiger partial charge in [0.15, 0.2) is 0 Å². The number of nitrogens with one attached hydrogen (secondary N) is 1. The van der Waals surface area contributed by atoms with Gasteiger partial charge in [0.05, 0.1) is 11.5 Å². The smallest absolute Gasteiger partial charge is 0.316 e. The van der Waals surface area contributed by atoms with E-state index in [4.69, 9.17) is 5.21 Å². The van der Waals surface area contributed by atoms with Gasteiger partial charge < -0.3 is 5.21 Å². The maximum absolute atomic E-state index is 10.2. The molecule has 0 aromatic carbocycles. The normalized spacial score (nSPS) is 9.91. The van der Waals surface area contributed by atoms with Gasteiger partial charge in [-0.05, 0) is 6.07 Å². The molecule has 0 atom stereocenters. The Kier molecular flexibility index (Phi) is 2.53. The molecule has 0 spiro atoms. The van der Waals surface area contributed by atoms with Gasteiger partial charge in [0.25, 0.3) is 0 Å². The second-order valence-electron chi connectivity index (χ2n) is 1.83. The third-order valence-electron chi connectivity index (χ3n) is 1.08. The van der Waals surface area contributed by atoms with Crippen molar-refractivity contribution >= 4 is 16.3 Å². The van der Waals surface area contributed by atoms with Crippen LogP contribution in [0.25, 0.3) is 0 Å². The molecular weight excluding hydrogens is 168 g/mol. The van der Waals surface area contributed by atoms with Gasteiger partial charge in [-0.3, -0.25) is 10.1 Å². The fourth-order valence-corrected chi connectivity index (χ4v) is 1.39. The molecule has 1 aromatic heterocycles. The Hall–Kier alpha value is -0.980. The molecule has 1 rings (SSSR count). The van der Waals surface area contributed by atoms with E-state index in [0.29, 0.717) is 0 Å². The molecular formula is C5H6N2O3S. The predicted octanol–water partition coefficient (Wildman–Crippen LogP) is 1.14. The SMILES string of the molecule is O=[N+]([O-])c1ccc(CNO)s1. The van der Waals surface area contributed by atoms with Crippen LogP contribution in [0.15, 0.2) is 12.1 Å². The molecule has 0 aliphatic rings. The minimum absolute atomic E-state index is 0.0928. The van der Waals surface area contributed by atoms with Crippen LogP contribution in [0.5, 0.6) is 0 Å². The molecule has 0 unspecified atom stereocenters. The van der Waals surface area contributed by atoms with Gasteiger partial charge >= 0.3 is 5.00 Å². The molecule has 5 nitrogen and oxygen atoms in total. The number of hydrogen-bond acceptors (Lipinski definition) is 5. The first-order valence-electron chi connectivity index (χ1n) is 2.84. The Morgan fingerprint density at radius 2 is 2.45 bits per heavy atom.